The number of thiazole rings is 1. The summed E-state index contributed by atoms with van der Waals surface area (Å²) in [4.78, 5) is 19.6. The third-order valence-electron chi connectivity index (χ3n) is 3.73. The van der Waals surface area contributed by atoms with Gasteiger partial charge in [-0.05, 0) is 12.8 Å². The number of carbonyl (C=O) groups is 1. The highest BCUT2D eigenvalue weighted by atomic mass is 32.1. The summed E-state index contributed by atoms with van der Waals surface area (Å²) >= 11 is 1.46. The summed E-state index contributed by atoms with van der Waals surface area (Å²) in [5, 5.41) is 0.890. The van der Waals surface area contributed by atoms with Crippen LogP contribution in [0.2, 0.25) is 0 Å². The van der Waals surface area contributed by atoms with Crippen LogP contribution < -0.4 is 0 Å². The van der Waals surface area contributed by atoms with Crippen LogP contribution in [-0.2, 0) is 4.74 Å². The molecule has 2 aromatic rings. The number of ether oxygens (including phenoxy) is 1. The molecule has 1 fully saturated rings. The van der Waals surface area contributed by atoms with Crippen LogP contribution in [0.25, 0.3) is 10.6 Å². The van der Waals surface area contributed by atoms with Gasteiger partial charge in [-0.3, -0.25) is 4.79 Å². The van der Waals surface area contributed by atoms with E-state index >= 15 is 0 Å². The molecule has 1 amide bonds. The molecule has 0 radical (unpaired) electrons. The molecule has 0 unspecified atom stereocenters. The van der Waals surface area contributed by atoms with Crippen molar-refractivity contribution in [3.63, 3.8) is 0 Å². The molecular formula is C16H18N2O2S. The Hall–Kier alpha value is -1.72. The van der Waals surface area contributed by atoms with Gasteiger partial charge in [-0.1, -0.05) is 30.3 Å². The summed E-state index contributed by atoms with van der Waals surface area (Å²) < 4.78 is 5.21. The number of aromatic nitrogens is 1. The minimum Gasteiger partial charge on any atom is -0.383 e. The standard InChI is InChI=1S/C16H18N2O2S/c1-20-11-13-8-5-9-18(13)16(19)14-10-17-15(21-14)12-6-3-2-4-7-12/h2-4,6-7,10,13H,5,8-9,11H2,1H3/t13-/m0/s1. The van der Waals surface area contributed by atoms with Gasteiger partial charge in [-0.15, -0.1) is 11.3 Å². The van der Waals surface area contributed by atoms with Crippen molar-refractivity contribution in [1.82, 2.24) is 9.88 Å². The summed E-state index contributed by atoms with van der Waals surface area (Å²) in [7, 11) is 1.68. The topological polar surface area (TPSA) is 42.4 Å². The lowest BCUT2D eigenvalue weighted by Gasteiger charge is -2.23. The average molecular weight is 302 g/mol. The van der Waals surface area contributed by atoms with Gasteiger partial charge < -0.3 is 9.64 Å². The lowest BCUT2D eigenvalue weighted by atomic mass is 10.2. The van der Waals surface area contributed by atoms with Crippen LogP contribution in [0.3, 0.4) is 0 Å². The summed E-state index contributed by atoms with van der Waals surface area (Å²) in [6.45, 7) is 1.42. The fraction of sp³-hybridized carbons (Fsp3) is 0.375. The van der Waals surface area contributed by atoms with Gasteiger partial charge in [0.25, 0.3) is 5.91 Å². The highest BCUT2D eigenvalue weighted by Gasteiger charge is 2.30. The van der Waals surface area contributed by atoms with Crippen molar-refractivity contribution in [1.29, 1.82) is 0 Å². The lowest BCUT2D eigenvalue weighted by molar-refractivity contribution is 0.0635. The quantitative estimate of drug-likeness (QED) is 0.871. The Morgan fingerprint density at radius 3 is 3.00 bits per heavy atom. The monoisotopic (exact) mass is 302 g/mol. The molecule has 110 valence electrons. The maximum Gasteiger partial charge on any atom is 0.265 e. The molecule has 3 rings (SSSR count). The molecule has 21 heavy (non-hydrogen) atoms. The Morgan fingerprint density at radius 1 is 1.43 bits per heavy atom. The predicted octanol–water partition coefficient (Wildman–Crippen LogP) is 3.06. The van der Waals surface area contributed by atoms with Crippen LogP contribution in [0.1, 0.15) is 22.5 Å². The first-order valence-electron chi connectivity index (χ1n) is 7.10. The molecule has 0 aliphatic carbocycles. The van der Waals surface area contributed by atoms with Gasteiger partial charge >= 0.3 is 0 Å². The van der Waals surface area contributed by atoms with Crippen LogP contribution in [-0.4, -0.2) is 42.1 Å². The Balaban J connectivity index is 1.78. The molecule has 1 aliphatic heterocycles. The second-order valence-electron chi connectivity index (χ2n) is 5.15. The number of rotatable bonds is 4. The van der Waals surface area contributed by atoms with Crippen molar-refractivity contribution in [3.05, 3.63) is 41.4 Å². The molecule has 0 spiro atoms. The predicted molar refractivity (Wildman–Crippen MR) is 83.5 cm³/mol. The summed E-state index contributed by atoms with van der Waals surface area (Å²) in [5.41, 5.74) is 1.05. The van der Waals surface area contributed by atoms with Crippen LogP contribution in [0.5, 0.6) is 0 Å². The fourth-order valence-corrected chi connectivity index (χ4v) is 3.58. The van der Waals surface area contributed by atoms with E-state index in [2.05, 4.69) is 4.98 Å². The van der Waals surface area contributed by atoms with Crippen molar-refractivity contribution in [2.45, 2.75) is 18.9 Å². The van der Waals surface area contributed by atoms with E-state index in [4.69, 9.17) is 4.74 Å². The maximum absolute atomic E-state index is 12.6. The molecule has 1 aliphatic rings. The first kappa shape index (κ1) is 14.2. The van der Waals surface area contributed by atoms with Crippen molar-refractivity contribution in [3.8, 4) is 10.6 Å². The largest absolute Gasteiger partial charge is 0.383 e. The summed E-state index contributed by atoms with van der Waals surface area (Å²) in [6, 6.07) is 10.2. The molecule has 0 N–H and O–H groups in total. The van der Waals surface area contributed by atoms with E-state index in [0.717, 1.165) is 30.0 Å². The van der Waals surface area contributed by atoms with Gasteiger partial charge in [-0.25, -0.2) is 4.98 Å². The van der Waals surface area contributed by atoms with Gasteiger partial charge in [0.2, 0.25) is 0 Å². The van der Waals surface area contributed by atoms with E-state index in [-0.39, 0.29) is 11.9 Å². The molecule has 4 nitrogen and oxygen atoms in total. The number of amides is 1. The highest BCUT2D eigenvalue weighted by molar-refractivity contribution is 7.16. The van der Waals surface area contributed by atoms with E-state index < -0.39 is 0 Å². The number of likely N-dealkylation sites (tertiary alicyclic amines) is 1. The van der Waals surface area contributed by atoms with Crippen LogP contribution in [0.15, 0.2) is 36.5 Å². The first-order chi connectivity index (χ1) is 10.3. The summed E-state index contributed by atoms with van der Waals surface area (Å²) in [5.74, 6) is 0.0780. The Kier molecular flexibility index (Phi) is 4.31. The smallest absolute Gasteiger partial charge is 0.265 e. The van der Waals surface area contributed by atoms with Gasteiger partial charge in [0.1, 0.15) is 9.88 Å². The Labute approximate surface area is 128 Å². The van der Waals surface area contributed by atoms with E-state index in [1.54, 1.807) is 13.3 Å². The summed E-state index contributed by atoms with van der Waals surface area (Å²) in [6.07, 6.45) is 3.76. The van der Waals surface area contributed by atoms with Crippen molar-refractivity contribution in [2.75, 3.05) is 20.3 Å². The van der Waals surface area contributed by atoms with Crippen LogP contribution in [0.4, 0.5) is 0 Å². The third-order valence-corrected chi connectivity index (χ3v) is 4.77. The number of hydrogen-bond donors (Lipinski definition) is 0. The third kappa shape index (κ3) is 2.99. The zero-order chi connectivity index (χ0) is 14.7. The molecule has 1 aromatic carbocycles. The van der Waals surface area contributed by atoms with E-state index in [9.17, 15) is 4.79 Å². The Morgan fingerprint density at radius 2 is 2.24 bits per heavy atom. The SMILES string of the molecule is COC[C@@H]1CCCN1C(=O)c1cnc(-c2ccccc2)s1. The van der Waals surface area contributed by atoms with Gasteiger partial charge in [0.15, 0.2) is 0 Å². The maximum atomic E-state index is 12.6. The molecule has 0 saturated carbocycles. The molecule has 2 heterocycles. The van der Waals surface area contributed by atoms with Crippen LogP contribution in [0, 0.1) is 0 Å². The van der Waals surface area contributed by atoms with Crippen LogP contribution >= 0.6 is 11.3 Å². The number of carbonyl (C=O) groups excluding carboxylic acids is 1. The second kappa shape index (κ2) is 6.37. The Bertz CT molecular complexity index is 612. The second-order valence-corrected chi connectivity index (χ2v) is 6.18. The number of hydrogen-bond acceptors (Lipinski definition) is 4. The van der Waals surface area contributed by atoms with Gasteiger partial charge in [0, 0.05) is 19.2 Å². The number of benzene rings is 1. The average Bonchev–Trinajstić information content (AvgIpc) is 3.17. The van der Waals surface area contributed by atoms with Crippen molar-refractivity contribution < 1.29 is 9.53 Å². The minimum absolute atomic E-state index is 0.0780. The van der Waals surface area contributed by atoms with Crippen molar-refractivity contribution >= 4 is 17.2 Å². The van der Waals surface area contributed by atoms with E-state index in [1.165, 1.54) is 11.3 Å². The minimum atomic E-state index is 0.0780. The van der Waals surface area contributed by atoms with E-state index in [1.807, 2.05) is 35.2 Å². The molecule has 0 bridgehead atoms. The molecule has 1 saturated heterocycles. The number of nitrogens with zero attached hydrogens (tertiary/aromatic N) is 2. The highest BCUT2D eigenvalue weighted by Crippen LogP contribution is 2.28. The van der Waals surface area contributed by atoms with Gasteiger partial charge in [0.05, 0.1) is 18.8 Å². The zero-order valence-electron chi connectivity index (χ0n) is 12.0. The normalized spacial score (nSPS) is 18.1. The zero-order valence-corrected chi connectivity index (χ0v) is 12.8. The van der Waals surface area contributed by atoms with Crippen molar-refractivity contribution in [2.24, 2.45) is 0 Å². The molecular weight excluding hydrogens is 284 g/mol. The van der Waals surface area contributed by atoms with Gasteiger partial charge in [-0.2, -0.15) is 0 Å². The lowest BCUT2D eigenvalue weighted by Crippen LogP contribution is -2.37. The van der Waals surface area contributed by atoms with E-state index in [0.29, 0.717) is 11.5 Å². The molecule has 1 atom stereocenters. The molecule has 5 heteroatoms. The first-order valence-corrected chi connectivity index (χ1v) is 7.92. The fourth-order valence-electron chi connectivity index (χ4n) is 2.70. The number of methoxy groups -OCH3 is 1. The molecule has 1 aromatic heterocycles.